The van der Waals surface area contributed by atoms with Crippen LogP contribution in [0.2, 0.25) is 0 Å². The molecule has 6 radical (unpaired) electrons. The van der Waals surface area contributed by atoms with Crippen LogP contribution in [0.1, 0.15) is 375 Å². The fourth-order valence-corrected chi connectivity index (χ4v) is 9.63. The largest absolute Gasteiger partial charge is 0.346 e. The van der Waals surface area contributed by atoms with E-state index in [0.29, 0.717) is 21.7 Å². The predicted octanol–water partition coefficient (Wildman–Crippen LogP) is 28.6. The summed E-state index contributed by atoms with van der Waals surface area (Å²) >= 11 is 0. The molecule has 0 aromatic heterocycles. The van der Waals surface area contributed by atoms with Crippen LogP contribution in [0.3, 0.4) is 0 Å². The van der Waals surface area contributed by atoms with Gasteiger partial charge < -0.3 is 81.1 Å². The maximum Gasteiger partial charge on any atom is 0 e. The van der Waals surface area contributed by atoms with Crippen LogP contribution in [0.5, 0.6) is 0 Å². The van der Waals surface area contributed by atoms with Crippen molar-refractivity contribution in [3.05, 3.63) is 81.1 Å². The number of unbranched alkanes of at least 4 members (excludes halogenated alkanes) is 1. The normalized spacial score (nSPS) is 18.3. The Morgan fingerprint density at radius 3 is 0.624 bits per heavy atom. The van der Waals surface area contributed by atoms with Crippen molar-refractivity contribution in [2.24, 2.45) is 57.2 Å². The molecule has 6 rings (SSSR count). The third-order valence-corrected chi connectivity index (χ3v) is 14.1. The van der Waals surface area contributed by atoms with Gasteiger partial charge in [-0.05, 0) is 35.5 Å². The molecular formula is C79H158Y6-12. The van der Waals surface area contributed by atoms with Gasteiger partial charge in [0.1, 0.15) is 0 Å². The third kappa shape index (κ3) is 107. The van der Waals surface area contributed by atoms with E-state index in [0.717, 1.165) is 74.0 Å². The quantitative estimate of drug-likeness (QED) is 0.191. The second kappa shape index (κ2) is 83.0. The first-order valence-electron chi connectivity index (χ1n) is 34.7. The van der Waals surface area contributed by atoms with Gasteiger partial charge in [-0.15, -0.1) is 12.8 Å². The third-order valence-electron chi connectivity index (χ3n) is 14.1. The van der Waals surface area contributed by atoms with Crippen molar-refractivity contribution >= 4 is 0 Å². The fraction of sp³-hybridized carbons (Fsp3) is 0.848. The van der Waals surface area contributed by atoms with E-state index >= 15 is 0 Å². The average Bonchev–Trinajstić information content (AvgIpc) is 3.80. The van der Waals surface area contributed by atoms with Gasteiger partial charge in [-0.2, -0.15) is 66.6 Å². The maximum atomic E-state index is 4.22. The summed E-state index contributed by atoms with van der Waals surface area (Å²) in [5, 5.41) is 0. The molecule has 6 aliphatic carbocycles. The first-order valence-corrected chi connectivity index (χ1v) is 34.7. The molecule has 0 spiro atoms. The van der Waals surface area contributed by atoms with Crippen molar-refractivity contribution in [1.82, 2.24) is 0 Å². The Kier molecular flexibility index (Phi) is 116. The van der Waals surface area contributed by atoms with Crippen molar-refractivity contribution in [3.63, 3.8) is 0 Å². The number of hydrogen-bond donors (Lipinski definition) is 0. The maximum absolute atomic E-state index is 4.22. The molecule has 85 heavy (non-hydrogen) atoms. The summed E-state index contributed by atoms with van der Waals surface area (Å²) < 4.78 is 0. The second-order valence-corrected chi connectivity index (χ2v) is 29.8. The smallest absolute Gasteiger partial charge is 0 e. The van der Waals surface area contributed by atoms with Crippen LogP contribution in [0.25, 0.3) is 0 Å². The van der Waals surface area contributed by atoms with Crippen LogP contribution in [-0.4, -0.2) is 0 Å². The Labute approximate surface area is 699 Å². The molecule has 0 aromatic carbocycles. The minimum absolute atomic E-state index is 0. The van der Waals surface area contributed by atoms with Crippen LogP contribution in [0.15, 0.2) is 0 Å². The van der Waals surface area contributed by atoms with Crippen LogP contribution in [0.4, 0.5) is 0 Å². The molecule has 0 bridgehead atoms. The molecule has 0 unspecified atom stereocenters. The van der Waals surface area contributed by atoms with E-state index in [2.05, 4.69) is 194 Å². The molecule has 6 aliphatic rings. The molecule has 0 heterocycles. The van der Waals surface area contributed by atoms with E-state index in [4.69, 9.17) is 0 Å². The molecule has 6 fully saturated rings. The van der Waals surface area contributed by atoms with Gasteiger partial charge in [0.15, 0.2) is 0 Å². The molecule has 0 N–H and O–H groups in total. The Morgan fingerprint density at radius 1 is 0.259 bits per heavy atom. The van der Waals surface area contributed by atoms with Crippen molar-refractivity contribution in [2.75, 3.05) is 0 Å². The van der Waals surface area contributed by atoms with E-state index in [-0.39, 0.29) is 196 Å². The first-order chi connectivity index (χ1) is 36.8. The number of hydrogen-bond acceptors (Lipinski definition) is 0. The van der Waals surface area contributed by atoms with Crippen molar-refractivity contribution < 1.29 is 196 Å². The van der Waals surface area contributed by atoms with Gasteiger partial charge in [0, 0.05) is 196 Å². The fourth-order valence-electron chi connectivity index (χ4n) is 9.63. The zero-order chi connectivity index (χ0) is 62.2. The van der Waals surface area contributed by atoms with Crippen LogP contribution < -0.4 is 0 Å². The molecule has 0 saturated heterocycles. The van der Waals surface area contributed by atoms with Crippen molar-refractivity contribution in [1.29, 1.82) is 0 Å². The molecular weight excluding hydrogens is 1480 g/mol. The van der Waals surface area contributed by atoms with Crippen LogP contribution in [-0.2, 0) is 196 Å². The summed E-state index contributed by atoms with van der Waals surface area (Å²) in [7, 11) is 0. The van der Waals surface area contributed by atoms with E-state index < -0.39 is 0 Å². The SMILES string of the molecule is CC(C)C.CC(C)C.CC(C)C.CC(C)C.CC(C)C.CC(C)C.[CH2-]CC1([CH2-])CCCCC1.[CH2-]CC1([CH2-])CCCCC1.[CH2-]CC1([CH2-])CCCCC1.[CH2-]CCC1([CH2-])CCCC1.[CH2-]CCC[C-]1CCCCC1.[CH2-]CC[C-]1CCCCC1.[Y].[Y].[Y].[Y].[Y].[Y]. The molecule has 0 atom stereocenters. The Hall–Kier alpha value is 6.62. The molecule has 0 amide bonds. The van der Waals surface area contributed by atoms with Gasteiger partial charge in [-0.25, -0.2) is 32.1 Å². The molecule has 6 heteroatoms. The molecule has 0 aliphatic heterocycles. The van der Waals surface area contributed by atoms with E-state index in [1.165, 1.54) is 212 Å². The minimum Gasteiger partial charge on any atom is -0.346 e. The van der Waals surface area contributed by atoms with E-state index in [1.54, 1.807) is 5.92 Å². The first kappa shape index (κ1) is 119. The second-order valence-electron chi connectivity index (χ2n) is 29.8. The summed E-state index contributed by atoms with van der Waals surface area (Å²) in [6, 6.07) is 0. The molecule has 504 valence electrons. The zero-order valence-electron chi connectivity index (χ0n) is 62.6. The van der Waals surface area contributed by atoms with E-state index in [1.807, 2.05) is 5.92 Å². The monoisotopic (exact) mass is 1640 g/mol. The topological polar surface area (TPSA) is 0 Å². The van der Waals surface area contributed by atoms with Gasteiger partial charge in [0.05, 0.1) is 0 Å². The summed E-state index contributed by atoms with van der Waals surface area (Å²) in [5.41, 5.74) is 1.51. The Balaban J connectivity index is -0.0000000692. The molecule has 6 saturated carbocycles. The van der Waals surface area contributed by atoms with Gasteiger partial charge in [-0.1, -0.05) is 285 Å². The Morgan fingerprint density at radius 2 is 0.447 bits per heavy atom. The molecule has 0 aromatic rings. The van der Waals surface area contributed by atoms with Gasteiger partial charge >= 0.3 is 0 Å². The van der Waals surface area contributed by atoms with E-state index in [9.17, 15) is 0 Å². The summed E-state index contributed by atoms with van der Waals surface area (Å²) in [6.45, 7) is 79.1. The van der Waals surface area contributed by atoms with Crippen molar-refractivity contribution in [2.45, 2.75) is 375 Å². The number of rotatable bonds is 10. The summed E-state index contributed by atoms with van der Waals surface area (Å²) in [5.74, 6) is 8.59. The Bertz CT molecular complexity index is 969. The van der Waals surface area contributed by atoms with Gasteiger partial charge in [0.25, 0.3) is 0 Å². The summed E-state index contributed by atoms with van der Waals surface area (Å²) in [6.07, 6.45) is 51.6. The predicted molar refractivity (Wildman–Crippen MR) is 373 cm³/mol. The zero-order valence-corrected chi connectivity index (χ0v) is 79.6. The standard InChI is InChI=1S/C10H18.5C9H16.6C4H10.6Y/c1-2-3-7-10-8-5-4-6-9-10;3*1-3-9(2)7-5-4-6-8-9;1-3-6-9(2)7-4-5-8-9;1-2-6-9-7-4-3-5-8-9;6*1-4(2)3;;;;;;/h1-9H2;5*1-8H2;6*4H,1-3H3;;;;;;/q6*-2;;;;;;;;;;;;. The molecule has 0 nitrogen and oxygen atoms in total. The van der Waals surface area contributed by atoms with Crippen LogP contribution in [0, 0.1) is 138 Å². The van der Waals surface area contributed by atoms with Crippen LogP contribution >= 0.6 is 0 Å². The minimum atomic E-state index is 0. The average molecular weight is 1640 g/mol. The van der Waals surface area contributed by atoms with Gasteiger partial charge in [0.2, 0.25) is 0 Å². The summed E-state index contributed by atoms with van der Waals surface area (Å²) in [4.78, 5) is 0. The van der Waals surface area contributed by atoms with Gasteiger partial charge in [-0.3, -0.25) is 0 Å². The van der Waals surface area contributed by atoms with Crippen molar-refractivity contribution in [3.8, 4) is 0 Å².